The average molecular weight is 572 g/mol. The molecule has 4 rings (SSSR count). The largest absolute Gasteiger partial charge is 0.494 e. The van der Waals surface area contributed by atoms with Gasteiger partial charge in [-0.05, 0) is 24.3 Å². The Balaban J connectivity index is 1.80. The number of nitrogens with zero attached hydrogens (tertiary/aromatic N) is 7. The lowest BCUT2D eigenvalue weighted by molar-refractivity contribution is 0.0816. The number of benzene rings is 1. The number of anilines is 4. The maximum atomic E-state index is 15.1. The second-order valence-electron chi connectivity index (χ2n) is 11.0. The Kier molecular flexibility index (Phi) is 8.32. The molecule has 3 aromatic heterocycles. The molecule has 216 valence electrons. The molecule has 0 spiro atoms. The number of aromatic nitrogens is 6. The Morgan fingerprint density at radius 2 is 1.67 bits per heavy atom. The van der Waals surface area contributed by atoms with Crippen LogP contribution >= 0.6 is 0 Å². The van der Waals surface area contributed by atoms with Crippen LogP contribution in [0.3, 0.4) is 0 Å². The summed E-state index contributed by atoms with van der Waals surface area (Å²) >= 11 is 0. The van der Waals surface area contributed by atoms with Gasteiger partial charge >= 0.3 is 0 Å². The fraction of sp³-hybridized carbons (Fsp3) is 0.280. The molecule has 0 aliphatic carbocycles. The van der Waals surface area contributed by atoms with Crippen LogP contribution in [0.15, 0.2) is 30.3 Å². The van der Waals surface area contributed by atoms with Crippen molar-refractivity contribution in [1.29, 1.82) is 0 Å². The van der Waals surface area contributed by atoms with E-state index in [1.807, 2.05) is 43.6 Å². The molecule has 2 amide bonds. The van der Waals surface area contributed by atoms with Crippen LogP contribution in [0.1, 0.15) is 26.7 Å². The van der Waals surface area contributed by atoms with Gasteiger partial charge in [-0.1, -0.05) is 0 Å². The van der Waals surface area contributed by atoms with Crippen LogP contribution in [-0.2, 0) is 14.1 Å². The quantitative estimate of drug-likeness (QED) is 0.226. The smallest absolute Gasteiger partial charge is 0.272 e. The highest BCUT2D eigenvalue weighted by Gasteiger charge is 2.24. The molecule has 0 saturated carbocycles. The molecule has 42 heavy (non-hydrogen) atoms. The van der Waals surface area contributed by atoms with Gasteiger partial charge in [-0.15, -0.1) is 10.2 Å². The Hall–Kier alpha value is -4.82. The number of methoxy groups -OCH3 is 1. The molecule has 3 heterocycles. The van der Waals surface area contributed by atoms with E-state index in [1.54, 1.807) is 38.0 Å². The van der Waals surface area contributed by atoms with Gasteiger partial charge in [0, 0.05) is 57.6 Å². The third kappa shape index (κ3) is 6.56. The Bertz CT molecular complexity index is 1650. The Morgan fingerprint density at radius 1 is 0.952 bits per heavy atom. The van der Waals surface area contributed by atoms with Crippen molar-refractivity contribution in [3.8, 4) is 17.0 Å². The first kappa shape index (κ1) is 30.2. The highest BCUT2D eigenvalue weighted by atomic mass is 19.1. The number of halogens is 1. The molecule has 17 heteroatoms. The van der Waals surface area contributed by atoms with Gasteiger partial charge in [-0.25, -0.2) is 4.39 Å². The van der Waals surface area contributed by atoms with Crippen molar-refractivity contribution < 1.29 is 18.7 Å². The number of aryl methyl sites for hydroxylation is 3. The zero-order valence-electron chi connectivity index (χ0n) is 25.1. The van der Waals surface area contributed by atoms with E-state index >= 15 is 4.39 Å². The predicted molar refractivity (Wildman–Crippen MR) is 166 cm³/mol. The van der Waals surface area contributed by atoms with Crippen LogP contribution in [0.4, 0.5) is 27.4 Å². The lowest BCUT2D eigenvalue weighted by Crippen LogP contribution is -2.50. The third-order valence-corrected chi connectivity index (χ3v) is 6.18. The summed E-state index contributed by atoms with van der Waals surface area (Å²) in [4.78, 5) is 27.2. The number of ether oxygens (including phenoxy) is 1. The number of nitrogens with one attached hydrogen (secondary N) is 3. The van der Waals surface area contributed by atoms with Crippen molar-refractivity contribution in [2.75, 3.05) is 31.8 Å². The van der Waals surface area contributed by atoms with E-state index in [0.717, 1.165) is 5.69 Å². The minimum atomic E-state index is -0.593. The Morgan fingerprint density at radius 3 is 2.26 bits per heavy atom. The first-order valence-electron chi connectivity index (χ1n) is 13.1. The minimum Gasteiger partial charge on any atom is -0.494 e. The van der Waals surface area contributed by atoms with E-state index in [0.29, 0.717) is 28.6 Å². The summed E-state index contributed by atoms with van der Waals surface area (Å²) in [5.74, 6) is -0.256. The summed E-state index contributed by atoms with van der Waals surface area (Å²) < 4.78 is 23.9. The van der Waals surface area contributed by atoms with Crippen molar-refractivity contribution >= 4 is 58.4 Å². The lowest BCUT2D eigenvalue weighted by atomic mass is 9.49. The number of carbonyl (C=O) groups excluding carboxylic acids is 2. The zero-order valence-corrected chi connectivity index (χ0v) is 25.1. The number of amides is 2. The van der Waals surface area contributed by atoms with Crippen molar-refractivity contribution in [2.45, 2.75) is 12.2 Å². The molecule has 0 bridgehead atoms. The number of hydrogen-bond acceptors (Lipinski definition) is 9. The van der Waals surface area contributed by atoms with Crippen LogP contribution in [0.2, 0.25) is 0 Å². The molecular weight excluding hydrogens is 540 g/mol. The molecule has 0 saturated heterocycles. The summed E-state index contributed by atoms with van der Waals surface area (Å²) in [5, 5.41) is 25.7. The number of rotatable bonds is 9. The SMILES string of the molecule is BC(B)(B)NC(=O)c1nnc(Nc2cc(C)n(C)n2)cc1Nc1cc(F)cc(-c2cc(C(=O)N(C)C)n(C)n2)c1OC. The highest BCUT2D eigenvalue weighted by Crippen LogP contribution is 2.39. The van der Waals surface area contributed by atoms with Crippen LogP contribution in [-0.4, -0.2) is 96.5 Å². The van der Waals surface area contributed by atoms with Crippen molar-refractivity contribution in [3.63, 3.8) is 0 Å². The van der Waals surface area contributed by atoms with Gasteiger partial charge in [0.15, 0.2) is 23.1 Å². The van der Waals surface area contributed by atoms with Crippen LogP contribution in [0.5, 0.6) is 5.75 Å². The van der Waals surface area contributed by atoms with Gasteiger partial charge < -0.3 is 25.6 Å². The van der Waals surface area contributed by atoms with Gasteiger partial charge in [0.05, 0.1) is 24.2 Å². The van der Waals surface area contributed by atoms with E-state index in [-0.39, 0.29) is 28.7 Å². The van der Waals surface area contributed by atoms with E-state index in [4.69, 9.17) is 4.74 Å². The van der Waals surface area contributed by atoms with Crippen molar-refractivity contribution in [1.82, 2.24) is 40.0 Å². The number of carbonyl (C=O) groups is 2. The molecule has 3 N–H and O–H groups in total. The summed E-state index contributed by atoms with van der Waals surface area (Å²) in [5.41, 5.74) is 2.30. The summed E-state index contributed by atoms with van der Waals surface area (Å²) in [6.45, 7) is 1.91. The van der Waals surface area contributed by atoms with E-state index in [9.17, 15) is 9.59 Å². The molecular formula is C25H32B3FN10O3. The molecule has 1 aromatic carbocycles. The summed E-state index contributed by atoms with van der Waals surface area (Å²) in [7, 11) is 13.7. The monoisotopic (exact) mass is 572 g/mol. The molecule has 0 fully saturated rings. The molecule has 13 nitrogen and oxygen atoms in total. The second-order valence-corrected chi connectivity index (χ2v) is 11.0. The van der Waals surface area contributed by atoms with Gasteiger partial charge in [0.1, 0.15) is 35.0 Å². The number of hydrogen-bond donors (Lipinski definition) is 3. The van der Waals surface area contributed by atoms with E-state index in [1.165, 1.54) is 28.8 Å². The molecule has 0 radical (unpaired) electrons. The van der Waals surface area contributed by atoms with Gasteiger partial charge in [0.25, 0.3) is 11.8 Å². The average Bonchev–Trinajstić information content (AvgIpc) is 3.42. The summed E-state index contributed by atoms with van der Waals surface area (Å²) in [6.07, 6.45) is 0. The normalized spacial score (nSPS) is 11.2. The highest BCUT2D eigenvalue weighted by molar-refractivity contribution is 6.60. The fourth-order valence-electron chi connectivity index (χ4n) is 4.14. The zero-order chi connectivity index (χ0) is 30.9. The summed E-state index contributed by atoms with van der Waals surface area (Å²) in [6, 6.07) is 7.48. The van der Waals surface area contributed by atoms with Crippen LogP contribution < -0.4 is 20.7 Å². The van der Waals surface area contributed by atoms with Gasteiger partial charge in [0.2, 0.25) is 0 Å². The second kappa shape index (κ2) is 11.6. The van der Waals surface area contributed by atoms with Crippen molar-refractivity contribution in [3.05, 3.63) is 53.2 Å². The van der Waals surface area contributed by atoms with E-state index < -0.39 is 17.0 Å². The topological polar surface area (TPSA) is 144 Å². The first-order chi connectivity index (χ1) is 19.7. The standard InChI is InChI=1S/C25H32B3FN10O3/c1-12-7-20(36-38(12)4)31-19-11-16(21(34-33-19)23(40)32-25(26,27)28)30-17-9-13(29)8-14(22(17)42-6)15-10-18(39(5)35-15)24(41)37(2)3/h7-11H,26-28H2,1-6H3,(H,32,40)(H2,30,31,33,36). The van der Waals surface area contributed by atoms with Gasteiger partial charge in [-0.3, -0.25) is 19.0 Å². The molecule has 0 unspecified atom stereocenters. The van der Waals surface area contributed by atoms with E-state index in [2.05, 4.69) is 36.3 Å². The minimum absolute atomic E-state index is 0.0164. The van der Waals surface area contributed by atoms with Crippen molar-refractivity contribution in [2.24, 2.45) is 14.1 Å². The molecule has 0 aliphatic heterocycles. The molecule has 0 atom stereocenters. The van der Waals surface area contributed by atoms with Crippen LogP contribution in [0.25, 0.3) is 11.3 Å². The molecule has 0 aliphatic rings. The van der Waals surface area contributed by atoms with Crippen LogP contribution in [0, 0.1) is 12.7 Å². The first-order valence-corrected chi connectivity index (χ1v) is 13.1. The Labute approximate surface area is 245 Å². The van der Waals surface area contributed by atoms with Gasteiger partial charge in [-0.2, -0.15) is 10.2 Å². The lowest BCUT2D eigenvalue weighted by Gasteiger charge is -2.22. The molecule has 4 aromatic rings. The predicted octanol–water partition coefficient (Wildman–Crippen LogP) is -0.504. The third-order valence-electron chi connectivity index (χ3n) is 6.18. The maximum absolute atomic E-state index is 15.1. The maximum Gasteiger partial charge on any atom is 0.272 e. The fourth-order valence-corrected chi connectivity index (χ4v) is 4.14.